The maximum Gasteiger partial charge on any atom is 0.232 e. The Kier molecular flexibility index (Phi) is 5.70. The lowest BCUT2D eigenvalue weighted by atomic mass is 10.2. The van der Waals surface area contributed by atoms with Crippen LogP contribution in [0, 0.1) is 0 Å². The number of hydrogen-bond acceptors (Lipinski definition) is 4. The topological polar surface area (TPSA) is 32.3 Å². The van der Waals surface area contributed by atoms with Crippen molar-refractivity contribution in [3.8, 4) is 0 Å². The Balaban J connectivity index is 1.76. The molecular weight excluding hydrogens is 264 g/mol. The van der Waals surface area contributed by atoms with Gasteiger partial charge in [0.25, 0.3) is 0 Å². The smallest absolute Gasteiger partial charge is 0.232 e. The van der Waals surface area contributed by atoms with E-state index in [-0.39, 0.29) is 0 Å². The maximum atomic E-state index is 12.3. The Morgan fingerprint density at radius 1 is 1.39 bits per heavy atom. The molecule has 1 amide bonds. The molecule has 18 heavy (non-hydrogen) atoms. The Morgan fingerprint density at radius 2 is 2.11 bits per heavy atom. The van der Waals surface area contributed by atoms with Gasteiger partial charge in [-0.05, 0) is 32.9 Å². The zero-order valence-corrected chi connectivity index (χ0v) is 13.0. The number of rotatable bonds is 3. The predicted octanol–water partition coefficient (Wildman–Crippen LogP) is 1.82. The van der Waals surface area contributed by atoms with Gasteiger partial charge in [0.2, 0.25) is 5.91 Å². The van der Waals surface area contributed by atoms with E-state index < -0.39 is 0 Å². The summed E-state index contributed by atoms with van der Waals surface area (Å²) < 4.78 is 0. The number of piperidine rings is 1. The first-order valence-corrected chi connectivity index (χ1v) is 9.01. The molecule has 0 bridgehead atoms. The van der Waals surface area contributed by atoms with Gasteiger partial charge in [-0.25, -0.2) is 0 Å². The van der Waals surface area contributed by atoms with Crippen LogP contribution in [0.4, 0.5) is 0 Å². The zero-order chi connectivity index (χ0) is 13.0. The van der Waals surface area contributed by atoms with Crippen LogP contribution in [0.25, 0.3) is 0 Å². The number of carbonyl (C=O) groups is 1. The average Bonchev–Trinajstić information content (AvgIpc) is 2.40. The van der Waals surface area contributed by atoms with E-state index >= 15 is 0 Å². The maximum absolute atomic E-state index is 12.3. The van der Waals surface area contributed by atoms with Crippen LogP contribution >= 0.6 is 23.5 Å². The molecule has 0 aromatic heterocycles. The Bertz CT molecular complexity index is 282. The van der Waals surface area contributed by atoms with Crippen molar-refractivity contribution in [1.82, 2.24) is 10.2 Å². The molecular formula is C13H24N2OS2. The largest absolute Gasteiger partial charge is 0.337 e. The molecule has 2 heterocycles. The van der Waals surface area contributed by atoms with Crippen molar-refractivity contribution in [2.75, 3.05) is 31.1 Å². The summed E-state index contributed by atoms with van der Waals surface area (Å²) in [5, 5.41) is 4.63. The third-order valence-electron chi connectivity index (χ3n) is 3.93. The summed E-state index contributed by atoms with van der Waals surface area (Å²) in [6.07, 6.45) is 2.42. The van der Waals surface area contributed by atoms with Gasteiger partial charge in [0, 0.05) is 28.8 Å². The van der Waals surface area contributed by atoms with E-state index in [9.17, 15) is 4.79 Å². The molecule has 3 nitrogen and oxygen atoms in total. The highest BCUT2D eigenvalue weighted by Crippen LogP contribution is 2.26. The summed E-state index contributed by atoms with van der Waals surface area (Å²) in [4.78, 5) is 14.4. The molecule has 0 aromatic rings. The molecule has 2 aliphatic heterocycles. The molecule has 2 atom stereocenters. The van der Waals surface area contributed by atoms with Crippen molar-refractivity contribution in [2.45, 2.75) is 43.2 Å². The van der Waals surface area contributed by atoms with E-state index in [1.54, 1.807) is 0 Å². The molecule has 1 N–H and O–H groups in total. The van der Waals surface area contributed by atoms with Crippen LogP contribution in [0.15, 0.2) is 0 Å². The van der Waals surface area contributed by atoms with Gasteiger partial charge >= 0.3 is 0 Å². The van der Waals surface area contributed by atoms with E-state index in [1.807, 2.05) is 23.5 Å². The second kappa shape index (κ2) is 7.06. The third kappa shape index (κ3) is 3.81. The van der Waals surface area contributed by atoms with Crippen LogP contribution < -0.4 is 5.32 Å². The van der Waals surface area contributed by atoms with Crippen molar-refractivity contribution in [1.29, 1.82) is 0 Å². The second-order valence-corrected chi connectivity index (χ2v) is 7.94. The quantitative estimate of drug-likeness (QED) is 0.859. The first-order chi connectivity index (χ1) is 8.68. The Labute approximate surface area is 119 Å². The molecule has 0 aliphatic carbocycles. The van der Waals surface area contributed by atoms with Gasteiger partial charge in [0.1, 0.15) is 0 Å². The molecule has 2 rings (SSSR count). The predicted molar refractivity (Wildman–Crippen MR) is 81.4 cm³/mol. The lowest BCUT2D eigenvalue weighted by Crippen LogP contribution is -2.48. The molecule has 0 spiro atoms. The number of amides is 1. The third-order valence-corrected chi connectivity index (χ3v) is 6.63. The van der Waals surface area contributed by atoms with Crippen molar-refractivity contribution in [3.63, 3.8) is 0 Å². The summed E-state index contributed by atoms with van der Waals surface area (Å²) in [5.74, 6) is 2.11. The fourth-order valence-corrected chi connectivity index (χ4v) is 4.73. The van der Waals surface area contributed by atoms with E-state index in [0.29, 0.717) is 28.2 Å². The fraction of sp³-hybridized carbons (Fsp3) is 0.923. The van der Waals surface area contributed by atoms with Crippen molar-refractivity contribution in [3.05, 3.63) is 0 Å². The van der Waals surface area contributed by atoms with Gasteiger partial charge < -0.3 is 10.2 Å². The highest BCUT2D eigenvalue weighted by atomic mass is 32.2. The van der Waals surface area contributed by atoms with Crippen molar-refractivity contribution >= 4 is 29.4 Å². The molecule has 104 valence electrons. The zero-order valence-electron chi connectivity index (χ0n) is 11.4. The lowest BCUT2D eigenvalue weighted by molar-refractivity contribution is -0.130. The average molecular weight is 288 g/mol. The number of nitrogens with zero attached hydrogens (tertiary/aromatic N) is 1. The van der Waals surface area contributed by atoms with Crippen LogP contribution in [0.3, 0.4) is 0 Å². The normalized spacial score (nSPS) is 30.4. The summed E-state index contributed by atoms with van der Waals surface area (Å²) >= 11 is 3.85. The van der Waals surface area contributed by atoms with Gasteiger partial charge in [-0.2, -0.15) is 11.8 Å². The van der Waals surface area contributed by atoms with Crippen LogP contribution in [-0.4, -0.2) is 58.5 Å². The highest BCUT2D eigenvalue weighted by Gasteiger charge is 2.29. The highest BCUT2D eigenvalue weighted by molar-refractivity contribution is 8.00. The number of thioether (sulfide) groups is 2. The van der Waals surface area contributed by atoms with Crippen LogP contribution in [0.2, 0.25) is 0 Å². The minimum absolute atomic E-state index is 0.346. The van der Waals surface area contributed by atoms with Gasteiger partial charge in [0.05, 0.1) is 5.75 Å². The summed E-state index contributed by atoms with van der Waals surface area (Å²) in [5.41, 5.74) is 0. The lowest BCUT2D eigenvalue weighted by Gasteiger charge is -2.37. The summed E-state index contributed by atoms with van der Waals surface area (Å²) in [6.45, 7) is 7.57. The van der Waals surface area contributed by atoms with Crippen LogP contribution in [-0.2, 0) is 4.79 Å². The molecule has 0 radical (unpaired) electrons. The number of nitrogens with one attached hydrogen (secondary N) is 1. The number of hydrogen-bond donors (Lipinski definition) is 1. The van der Waals surface area contributed by atoms with Gasteiger partial charge in [-0.1, -0.05) is 6.92 Å². The van der Waals surface area contributed by atoms with Gasteiger partial charge in [0.15, 0.2) is 0 Å². The Hall–Kier alpha value is 0.130. The summed E-state index contributed by atoms with van der Waals surface area (Å²) in [7, 11) is 0. The van der Waals surface area contributed by atoms with Gasteiger partial charge in [-0.15, -0.1) is 11.8 Å². The number of carbonyl (C=O) groups excluding carboxylic acids is 1. The minimum Gasteiger partial charge on any atom is -0.337 e. The second-order valence-electron chi connectivity index (χ2n) is 5.16. The monoisotopic (exact) mass is 288 g/mol. The molecule has 2 fully saturated rings. The molecule has 2 saturated heterocycles. The first-order valence-electron chi connectivity index (χ1n) is 6.92. The molecule has 0 aromatic carbocycles. The fourth-order valence-electron chi connectivity index (χ4n) is 2.52. The molecule has 2 aliphatic rings. The van der Waals surface area contributed by atoms with Crippen LogP contribution in [0.5, 0.6) is 0 Å². The van der Waals surface area contributed by atoms with E-state index in [1.165, 1.54) is 12.8 Å². The molecule has 0 saturated carbocycles. The standard InChI is InChI=1S/C13H24N2OS2/c1-10-11(2)17-8-7-15(10)13(16)9-18-12-3-5-14-6-4-12/h10-12,14H,3-9H2,1-2H3. The molecule has 5 heteroatoms. The van der Waals surface area contributed by atoms with E-state index in [4.69, 9.17) is 0 Å². The summed E-state index contributed by atoms with van der Waals surface area (Å²) in [6, 6.07) is 0.393. The van der Waals surface area contributed by atoms with E-state index in [2.05, 4.69) is 24.1 Å². The van der Waals surface area contributed by atoms with E-state index in [0.717, 1.165) is 25.4 Å². The van der Waals surface area contributed by atoms with Crippen molar-refractivity contribution < 1.29 is 4.79 Å². The minimum atomic E-state index is 0.346. The Morgan fingerprint density at radius 3 is 2.83 bits per heavy atom. The van der Waals surface area contributed by atoms with Gasteiger partial charge in [-0.3, -0.25) is 4.79 Å². The SMILES string of the molecule is CC1SCCN(C(=O)CSC2CCNCC2)C1C. The van der Waals surface area contributed by atoms with Crippen molar-refractivity contribution in [2.24, 2.45) is 0 Å². The van der Waals surface area contributed by atoms with Crippen LogP contribution in [0.1, 0.15) is 26.7 Å². The molecule has 2 unspecified atom stereocenters. The first kappa shape index (κ1) is 14.5.